The van der Waals surface area contributed by atoms with E-state index in [1.54, 1.807) is 23.2 Å². The normalized spacial score (nSPS) is 17.2. The summed E-state index contributed by atoms with van der Waals surface area (Å²) in [5.74, 6) is 0.962. The monoisotopic (exact) mass is 436 g/mol. The minimum Gasteiger partial charge on any atom is -0.486 e. The highest BCUT2D eigenvalue weighted by Crippen LogP contribution is 2.32. The smallest absolute Gasteiger partial charge is 0.319 e. The zero-order valence-electron chi connectivity index (χ0n) is 18.4. The third-order valence-corrected chi connectivity index (χ3v) is 5.67. The number of hydrogen-bond acceptors (Lipinski definition) is 5. The first-order valence-corrected chi connectivity index (χ1v) is 10.9. The molecule has 2 aromatic rings. The van der Waals surface area contributed by atoms with Crippen molar-refractivity contribution in [3.05, 3.63) is 53.6 Å². The number of carbonyl (C=O) groups is 2. The van der Waals surface area contributed by atoms with E-state index >= 15 is 0 Å². The average molecular weight is 437 g/mol. The van der Waals surface area contributed by atoms with Crippen LogP contribution in [0.25, 0.3) is 0 Å². The van der Waals surface area contributed by atoms with Gasteiger partial charge in [0.1, 0.15) is 13.2 Å². The lowest BCUT2D eigenvalue weighted by atomic mass is 9.97. The van der Waals surface area contributed by atoms with Crippen LogP contribution in [-0.4, -0.2) is 42.4 Å². The summed E-state index contributed by atoms with van der Waals surface area (Å²) in [6.07, 6.45) is 1.20. The van der Waals surface area contributed by atoms with Gasteiger partial charge >= 0.3 is 6.03 Å². The molecule has 8 heteroatoms. The SMILES string of the molecule is CCC1=NN(Cc2ccccc2C)C(=O)[C@@H]1CCNC(=O)Nc1ccc2c(c1)OCCO2. The second-order valence-electron chi connectivity index (χ2n) is 7.85. The van der Waals surface area contributed by atoms with E-state index in [1.807, 2.05) is 38.1 Å². The van der Waals surface area contributed by atoms with Gasteiger partial charge in [-0.2, -0.15) is 5.10 Å². The molecule has 0 aliphatic carbocycles. The number of aryl methyl sites for hydroxylation is 1. The summed E-state index contributed by atoms with van der Waals surface area (Å²) in [6, 6.07) is 12.9. The molecule has 0 aromatic heterocycles. The molecule has 0 bridgehead atoms. The van der Waals surface area contributed by atoms with Gasteiger partial charge in [-0.05, 0) is 43.0 Å². The molecular weight excluding hydrogens is 408 g/mol. The molecule has 4 rings (SSSR count). The Kier molecular flexibility index (Phi) is 6.58. The molecule has 0 saturated heterocycles. The zero-order chi connectivity index (χ0) is 22.5. The summed E-state index contributed by atoms with van der Waals surface area (Å²) in [5, 5.41) is 11.7. The molecule has 1 atom stereocenters. The predicted octanol–water partition coefficient (Wildman–Crippen LogP) is 3.70. The van der Waals surface area contributed by atoms with E-state index in [9.17, 15) is 9.59 Å². The molecule has 3 amide bonds. The molecule has 32 heavy (non-hydrogen) atoms. The maximum absolute atomic E-state index is 13.0. The van der Waals surface area contributed by atoms with Crippen LogP contribution in [-0.2, 0) is 11.3 Å². The van der Waals surface area contributed by atoms with Gasteiger partial charge in [0, 0.05) is 18.3 Å². The number of amides is 3. The summed E-state index contributed by atoms with van der Waals surface area (Å²) in [5.41, 5.74) is 3.69. The Hall–Kier alpha value is -3.55. The number of fused-ring (bicyclic) bond motifs is 1. The lowest BCUT2D eigenvalue weighted by molar-refractivity contribution is -0.132. The third kappa shape index (κ3) is 4.85. The number of benzene rings is 2. The van der Waals surface area contributed by atoms with Crippen LogP contribution in [0.15, 0.2) is 47.6 Å². The quantitative estimate of drug-likeness (QED) is 0.692. The number of nitrogens with one attached hydrogen (secondary N) is 2. The Balaban J connectivity index is 1.29. The highest BCUT2D eigenvalue weighted by atomic mass is 16.6. The minimum absolute atomic E-state index is 0.0147. The van der Waals surface area contributed by atoms with Gasteiger partial charge in [0.05, 0.1) is 18.2 Å². The van der Waals surface area contributed by atoms with E-state index in [-0.39, 0.29) is 17.9 Å². The van der Waals surface area contributed by atoms with Gasteiger partial charge in [-0.1, -0.05) is 31.2 Å². The van der Waals surface area contributed by atoms with Crippen LogP contribution in [0.1, 0.15) is 30.9 Å². The first kappa shape index (κ1) is 21.7. The molecule has 8 nitrogen and oxygen atoms in total. The second-order valence-corrected chi connectivity index (χ2v) is 7.85. The fourth-order valence-electron chi connectivity index (χ4n) is 3.89. The number of hydrazone groups is 1. The molecule has 0 saturated carbocycles. The minimum atomic E-state index is -0.334. The zero-order valence-corrected chi connectivity index (χ0v) is 18.4. The van der Waals surface area contributed by atoms with Crippen molar-refractivity contribution in [2.45, 2.75) is 33.2 Å². The van der Waals surface area contributed by atoms with Gasteiger partial charge in [-0.15, -0.1) is 0 Å². The van der Waals surface area contributed by atoms with Gasteiger partial charge in [0.15, 0.2) is 11.5 Å². The van der Waals surface area contributed by atoms with E-state index in [0.29, 0.717) is 56.3 Å². The first-order valence-electron chi connectivity index (χ1n) is 10.9. The van der Waals surface area contributed by atoms with Crippen molar-refractivity contribution in [2.24, 2.45) is 11.0 Å². The molecule has 2 heterocycles. The molecule has 168 valence electrons. The van der Waals surface area contributed by atoms with Crippen molar-refractivity contribution in [1.29, 1.82) is 0 Å². The van der Waals surface area contributed by atoms with E-state index in [0.717, 1.165) is 16.8 Å². The number of nitrogens with zero attached hydrogens (tertiary/aromatic N) is 2. The molecule has 2 aromatic carbocycles. The van der Waals surface area contributed by atoms with Gasteiger partial charge in [0.25, 0.3) is 5.91 Å². The Morgan fingerprint density at radius 2 is 1.94 bits per heavy atom. The molecule has 2 N–H and O–H groups in total. The second kappa shape index (κ2) is 9.72. The fraction of sp³-hybridized carbons (Fsp3) is 0.375. The number of carbonyl (C=O) groups excluding carboxylic acids is 2. The van der Waals surface area contributed by atoms with Gasteiger partial charge in [0.2, 0.25) is 0 Å². The van der Waals surface area contributed by atoms with Crippen molar-refractivity contribution in [3.63, 3.8) is 0 Å². The highest BCUT2D eigenvalue weighted by Gasteiger charge is 2.34. The van der Waals surface area contributed by atoms with Crippen molar-refractivity contribution in [2.75, 3.05) is 25.1 Å². The molecule has 0 unspecified atom stereocenters. The van der Waals surface area contributed by atoms with Crippen LogP contribution in [0.2, 0.25) is 0 Å². The largest absolute Gasteiger partial charge is 0.486 e. The maximum atomic E-state index is 13.0. The third-order valence-electron chi connectivity index (χ3n) is 5.67. The summed E-state index contributed by atoms with van der Waals surface area (Å²) in [7, 11) is 0. The van der Waals surface area contributed by atoms with Crippen LogP contribution < -0.4 is 20.1 Å². The summed E-state index contributed by atoms with van der Waals surface area (Å²) in [4.78, 5) is 25.3. The lowest BCUT2D eigenvalue weighted by Crippen LogP contribution is -2.34. The predicted molar refractivity (Wildman–Crippen MR) is 122 cm³/mol. The van der Waals surface area contributed by atoms with E-state index in [4.69, 9.17) is 9.47 Å². The highest BCUT2D eigenvalue weighted by molar-refractivity contribution is 6.07. The molecule has 2 aliphatic rings. The van der Waals surface area contributed by atoms with Gasteiger partial charge < -0.3 is 20.1 Å². The van der Waals surface area contributed by atoms with Crippen molar-refractivity contribution in [3.8, 4) is 11.5 Å². The number of rotatable bonds is 7. The standard InChI is InChI=1S/C24H28N4O4/c1-3-20-19(23(29)28(27-20)15-17-7-5-4-6-16(17)2)10-11-25-24(30)26-18-8-9-21-22(14-18)32-13-12-31-21/h4-9,14,19H,3,10-13,15H2,1-2H3,(H2,25,26,30)/t19-/m1/s1. The Labute approximate surface area is 187 Å². The van der Waals surface area contributed by atoms with Gasteiger partial charge in [-0.3, -0.25) is 4.79 Å². The van der Waals surface area contributed by atoms with Gasteiger partial charge in [-0.25, -0.2) is 9.80 Å². The van der Waals surface area contributed by atoms with Crippen molar-refractivity contribution >= 4 is 23.3 Å². The Morgan fingerprint density at radius 3 is 2.72 bits per heavy atom. The van der Waals surface area contributed by atoms with Crippen LogP contribution in [0.5, 0.6) is 11.5 Å². The number of anilines is 1. The Morgan fingerprint density at radius 1 is 1.16 bits per heavy atom. The Bertz CT molecular complexity index is 1040. The summed E-state index contributed by atoms with van der Waals surface area (Å²) >= 11 is 0. The molecule has 0 fully saturated rings. The van der Waals surface area contributed by atoms with Crippen LogP contribution in [0, 0.1) is 12.8 Å². The van der Waals surface area contributed by atoms with Crippen LogP contribution >= 0.6 is 0 Å². The van der Waals surface area contributed by atoms with E-state index in [1.165, 1.54) is 0 Å². The summed E-state index contributed by atoms with van der Waals surface area (Å²) < 4.78 is 11.0. The average Bonchev–Trinajstić information content (AvgIpc) is 3.10. The van der Waals surface area contributed by atoms with Crippen molar-refractivity contribution < 1.29 is 19.1 Å². The fourth-order valence-corrected chi connectivity index (χ4v) is 3.89. The van der Waals surface area contributed by atoms with E-state index in [2.05, 4.69) is 15.7 Å². The molecule has 0 radical (unpaired) electrons. The van der Waals surface area contributed by atoms with Crippen LogP contribution in [0.3, 0.4) is 0 Å². The number of hydrogen-bond donors (Lipinski definition) is 2. The maximum Gasteiger partial charge on any atom is 0.319 e. The molecule has 2 aliphatic heterocycles. The molecule has 0 spiro atoms. The number of ether oxygens (including phenoxy) is 2. The van der Waals surface area contributed by atoms with Crippen molar-refractivity contribution in [1.82, 2.24) is 10.3 Å². The molecular formula is C24H28N4O4. The lowest BCUT2D eigenvalue weighted by Gasteiger charge is -2.19. The van der Waals surface area contributed by atoms with Crippen LogP contribution in [0.4, 0.5) is 10.5 Å². The first-order chi connectivity index (χ1) is 15.5. The summed E-state index contributed by atoms with van der Waals surface area (Å²) in [6.45, 7) is 5.86. The van der Waals surface area contributed by atoms with E-state index < -0.39 is 0 Å². The number of urea groups is 1. The topological polar surface area (TPSA) is 92.3 Å².